The fourth-order valence-corrected chi connectivity index (χ4v) is 1.54. The number of aliphatic hydroxyl groups is 1. The Morgan fingerprint density at radius 3 is 2.53 bits per heavy atom. The molecule has 1 fully saturated rings. The second-order valence-electron chi connectivity index (χ2n) is 5.33. The number of nitrogens with zero attached hydrogens (tertiary/aromatic N) is 1. The third kappa shape index (κ3) is 4.42. The molecule has 0 spiro atoms. The van der Waals surface area contributed by atoms with E-state index in [4.69, 9.17) is 4.74 Å². The molecular formula is C11H19NO3. The zero-order valence-electron chi connectivity index (χ0n) is 9.83. The van der Waals surface area contributed by atoms with Gasteiger partial charge in [-0.05, 0) is 40.5 Å². The van der Waals surface area contributed by atoms with Crippen molar-refractivity contribution in [2.75, 3.05) is 0 Å². The minimum absolute atomic E-state index is 0.465. The van der Waals surface area contributed by atoms with E-state index in [1.807, 2.05) is 0 Å². The Morgan fingerprint density at radius 2 is 2.13 bits per heavy atom. The lowest BCUT2D eigenvalue weighted by molar-refractivity contribution is 0.0603. The molecule has 0 aromatic carbocycles. The van der Waals surface area contributed by atoms with Gasteiger partial charge in [-0.3, -0.25) is 0 Å². The van der Waals surface area contributed by atoms with Crippen molar-refractivity contribution in [3.05, 3.63) is 0 Å². The van der Waals surface area contributed by atoms with Crippen LogP contribution in [0.3, 0.4) is 0 Å². The van der Waals surface area contributed by atoms with Gasteiger partial charge in [0.05, 0.1) is 5.60 Å². The second kappa shape index (κ2) is 3.93. The summed E-state index contributed by atoms with van der Waals surface area (Å²) in [7, 11) is 0. The lowest BCUT2D eigenvalue weighted by Gasteiger charge is -2.17. The van der Waals surface area contributed by atoms with Gasteiger partial charge in [0.2, 0.25) is 0 Å². The van der Waals surface area contributed by atoms with Crippen molar-refractivity contribution in [1.29, 1.82) is 0 Å². The minimum atomic E-state index is -0.707. The molecule has 86 valence electrons. The van der Waals surface area contributed by atoms with Gasteiger partial charge in [0, 0.05) is 12.1 Å². The number of ether oxygens (including phenoxy) is 1. The maximum Gasteiger partial charge on any atom is 0.434 e. The maximum atomic E-state index is 11.3. The number of aliphatic imine (C=N–C) groups is 1. The van der Waals surface area contributed by atoms with Gasteiger partial charge in [-0.1, -0.05) is 0 Å². The summed E-state index contributed by atoms with van der Waals surface area (Å²) in [5, 5.41) is 9.68. The van der Waals surface area contributed by atoms with Gasteiger partial charge in [-0.2, -0.15) is 4.99 Å². The van der Waals surface area contributed by atoms with E-state index in [9.17, 15) is 9.90 Å². The van der Waals surface area contributed by atoms with Crippen molar-refractivity contribution >= 4 is 11.8 Å². The van der Waals surface area contributed by atoms with Crippen LogP contribution in [0, 0.1) is 0 Å². The molecule has 1 atom stereocenters. The van der Waals surface area contributed by atoms with Crippen molar-refractivity contribution < 1.29 is 14.6 Å². The number of amides is 1. The molecule has 0 heterocycles. The molecular weight excluding hydrogens is 194 g/mol. The molecule has 0 aromatic rings. The number of carbonyl (C=O) groups excluding carboxylic acids is 1. The monoisotopic (exact) mass is 213 g/mol. The van der Waals surface area contributed by atoms with Crippen LogP contribution in [0.4, 0.5) is 4.79 Å². The van der Waals surface area contributed by atoms with E-state index >= 15 is 0 Å². The van der Waals surface area contributed by atoms with Crippen molar-refractivity contribution in [3.63, 3.8) is 0 Å². The molecule has 0 saturated heterocycles. The van der Waals surface area contributed by atoms with Gasteiger partial charge < -0.3 is 9.84 Å². The molecule has 1 aliphatic carbocycles. The fourth-order valence-electron chi connectivity index (χ4n) is 1.54. The van der Waals surface area contributed by atoms with E-state index in [1.165, 1.54) is 0 Å². The summed E-state index contributed by atoms with van der Waals surface area (Å²) in [6.07, 6.45) is 1.24. The van der Waals surface area contributed by atoms with Crippen molar-refractivity contribution in [3.8, 4) is 0 Å². The third-order valence-electron chi connectivity index (χ3n) is 2.18. The average molecular weight is 213 g/mol. The highest BCUT2D eigenvalue weighted by Crippen LogP contribution is 2.27. The summed E-state index contributed by atoms with van der Waals surface area (Å²) in [6.45, 7) is 7.16. The van der Waals surface area contributed by atoms with Crippen LogP contribution in [-0.4, -0.2) is 28.1 Å². The molecule has 1 rings (SSSR count). The van der Waals surface area contributed by atoms with Crippen LogP contribution in [0.25, 0.3) is 0 Å². The van der Waals surface area contributed by atoms with E-state index < -0.39 is 17.3 Å². The van der Waals surface area contributed by atoms with E-state index in [-0.39, 0.29) is 0 Å². The van der Waals surface area contributed by atoms with Gasteiger partial charge in [0.15, 0.2) is 0 Å². The Hall–Kier alpha value is -0.900. The topological polar surface area (TPSA) is 58.9 Å². The number of rotatable bonds is 0. The molecule has 1 aliphatic rings. The van der Waals surface area contributed by atoms with Gasteiger partial charge in [0.25, 0.3) is 0 Å². The standard InChI is InChI=1S/C11H19NO3/c1-10(2,3)15-9(13)12-8-5-6-11(4,14)7-8/h14H,5-7H2,1-4H3/t11-/m1/s1. The Kier molecular flexibility index (Phi) is 3.19. The normalized spacial score (nSPS) is 29.5. The fraction of sp³-hybridized carbons (Fsp3) is 0.818. The zero-order valence-corrected chi connectivity index (χ0v) is 9.83. The van der Waals surface area contributed by atoms with Gasteiger partial charge in [0.1, 0.15) is 5.60 Å². The Bertz CT molecular complexity index is 287. The van der Waals surface area contributed by atoms with Crippen molar-refractivity contribution in [2.24, 2.45) is 4.99 Å². The number of hydrogen-bond donors (Lipinski definition) is 1. The first-order valence-corrected chi connectivity index (χ1v) is 5.20. The highest BCUT2D eigenvalue weighted by atomic mass is 16.6. The highest BCUT2D eigenvalue weighted by Gasteiger charge is 2.30. The molecule has 1 N–H and O–H groups in total. The van der Waals surface area contributed by atoms with E-state index in [1.54, 1.807) is 27.7 Å². The molecule has 4 nitrogen and oxygen atoms in total. The molecule has 15 heavy (non-hydrogen) atoms. The smallest absolute Gasteiger partial charge is 0.434 e. The molecule has 0 aliphatic heterocycles. The van der Waals surface area contributed by atoms with Gasteiger partial charge in [-0.15, -0.1) is 0 Å². The third-order valence-corrected chi connectivity index (χ3v) is 2.18. The largest absolute Gasteiger partial charge is 0.442 e. The maximum absolute atomic E-state index is 11.3. The molecule has 1 saturated carbocycles. The Balaban J connectivity index is 2.55. The Labute approximate surface area is 90.3 Å². The summed E-state index contributed by atoms with van der Waals surface area (Å²) < 4.78 is 5.06. The summed E-state index contributed by atoms with van der Waals surface area (Å²) in [5.74, 6) is 0. The minimum Gasteiger partial charge on any atom is -0.442 e. The SMILES string of the molecule is CC(C)(C)OC(=O)N=C1CC[C@@](C)(O)C1. The average Bonchev–Trinajstić information content (AvgIpc) is 2.25. The van der Waals surface area contributed by atoms with Gasteiger partial charge in [-0.25, -0.2) is 4.79 Å². The summed E-state index contributed by atoms with van der Waals surface area (Å²) in [5.41, 5.74) is -0.488. The number of hydrogen-bond acceptors (Lipinski definition) is 3. The van der Waals surface area contributed by atoms with Crippen LogP contribution >= 0.6 is 0 Å². The molecule has 0 radical (unpaired) electrons. The van der Waals surface area contributed by atoms with E-state index in [0.717, 1.165) is 5.71 Å². The Morgan fingerprint density at radius 1 is 1.53 bits per heavy atom. The lowest BCUT2D eigenvalue weighted by atomic mass is 10.1. The zero-order chi connectivity index (χ0) is 11.7. The molecule has 0 aromatic heterocycles. The van der Waals surface area contributed by atoms with Crippen LogP contribution in [0.1, 0.15) is 47.0 Å². The molecule has 0 bridgehead atoms. The van der Waals surface area contributed by atoms with Crippen LogP contribution in [-0.2, 0) is 4.74 Å². The van der Waals surface area contributed by atoms with Crippen molar-refractivity contribution in [1.82, 2.24) is 0 Å². The quantitative estimate of drug-likeness (QED) is 0.671. The summed E-state index contributed by atoms with van der Waals surface area (Å²) in [6, 6.07) is 0. The van der Waals surface area contributed by atoms with Crippen molar-refractivity contribution in [2.45, 2.75) is 58.2 Å². The second-order valence-corrected chi connectivity index (χ2v) is 5.33. The lowest BCUT2D eigenvalue weighted by Crippen LogP contribution is -2.23. The predicted octanol–water partition coefficient (Wildman–Crippen LogP) is 2.30. The highest BCUT2D eigenvalue weighted by molar-refractivity contribution is 5.95. The molecule has 1 amide bonds. The van der Waals surface area contributed by atoms with E-state index in [2.05, 4.69) is 4.99 Å². The van der Waals surface area contributed by atoms with Crippen LogP contribution in [0.15, 0.2) is 4.99 Å². The predicted molar refractivity (Wildman–Crippen MR) is 58.1 cm³/mol. The number of carbonyl (C=O) groups is 1. The first-order chi connectivity index (χ1) is 6.68. The van der Waals surface area contributed by atoms with Crippen LogP contribution in [0.5, 0.6) is 0 Å². The first-order valence-electron chi connectivity index (χ1n) is 5.20. The van der Waals surface area contributed by atoms with Crippen LogP contribution < -0.4 is 0 Å². The first kappa shape index (κ1) is 12.2. The van der Waals surface area contributed by atoms with E-state index in [0.29, 0.717) is 19.3 Å². The van der Waals surface area contributed by atoms with Gasteiger partial charge >= 0.3 is 6.09 Å². The van der Waals surface area contributed by atoms with Crippen LogP contribution in [0.2, 0.25) is 0 Å². The summed E-state index contributed by atoms with van der Waals surface area (Å²) >= 11 is 0. The molecule has 4 heteroatoms. The summed E-state index contributed by atoms with van der Waals surface area (Å²) in [4.78, 5) is 15.2. The molecule has 0 unspecified atom stereocenters.